The molecule has 0 saturated heterocycles. The van der Waals surface area contributed by atoms with E-state index in [1.165, 1.54) is 49.5 Å². The van der Waals surface area contributed by atoms with Crippen LogP contribution in [-0.2, 0) is 32.6 Å². The van der Waals surface area contributed by atoms with Gasteiger partial charge in [-0.3, -0.25) is 13.9 Å². The molecule has 12 heteroatoms. The highest BCUT2D eigenvalue weighted by molar-refractivity contribution is 9.10. The number of methoxy groups -OCH3 is 2. The number of rotatable bonds is 15. The first-order valence-corrected chi connectivity index (χ1v) is 17.2. The lowest BCUT2D eigenvalue weighted by Gasteiger charge is -2.34. The van der Waals surface area contributed by atoms with Gasteiger partial charge < -0.3 is 19.7 Å². The fraction of sp³-hybridized carbons (Fsp3) is 0.257. The van der Waals surface area contributed by atoms with Crippen LogP contribution in [-0.4, -0.2) is 58.5 Å². The van der Waals surface area contributed by atoms with Gasteiger partial charge in [0.1, 0.15) is 18.4 Å². The molecule has 248 valence electrons. The summed E-state index contributed by atoms with van der Waals surface area (Å²) >= 11 is 3.47. The number of carbonyl (C=O) groups excluding carboxylic acids is 2. The van der Waals surface area contributed by atoms with Crippen LogP contribution in [0.25, 0.3) is 0 Å². The van der Waals surface area contributed by atoms with Crippen molar-refractivity contribution in [1.29, 1.82) is 0 Å². The largest absolute Gasteiger partial charge is 0.493 e. The summed E-state index contributed by atoms with van der Waals surface area (Å²) in [5, 5.41) is 2.91. The molecule has 0 aliphatic heterocycles. The van der Waals surface area contributed by atoms with Gasteiger partial charge >= 0.3 is 0 Å². The number of ether oxygens (including phenoxy) is 2. The van der Waals surface area contributed by atoms with E-state index in [0.29, 0.717) is 18.7 Å². The molecule has 1 atom stereocenters. The Kier molecular flexibility index (Phi) is 12.4. The average molecular weight is 727 g/mol. The lowest BCUT2D eigenvalue weighted by molar-refractivity contribution is -0.140. The maximum atomic E-state index is 14.5. The second-order valence-corrected chi connectivity index (χ2v) is 13.4. The van der Waals surface area contributed by atoms with Gasteiger partial charge in [0.2, 0.25) is 11.8 Å². The van der Waals surface area contributed by atoms with Gasteiger partial charge in [-0.15, -0.1) is 0 Å². The van der Waals surface area contributed by atoms with E-state index in [0.717, 1.165) is 32.0 Å². The highest BCUT2D eigenvalue weighted by Crippen LogP contribution is 2.32. The van der Waals surface area contributed by atoms with E-state index in [9.17, 15) is 22.4 Å². The second kappa shape index (κ2) is 16.4. The van der Waals surface area contributed by atoms with Crippen molar-refractivity contribution in [2.24, 2.45) is 0 Å². The zero-order valence-electron chi connectivity index (χ0n) is 26.4. The predicted octanol–water partition coefficient (Wildman–Crippen LogP) is 5.97. The molecular formula is C35H37BrFN3O6S. The molecule has 1 N–H and O–H groups in total. The Bertz CT molecular complexity index is 1770. The van der Waals surface area contributed by atoms with E-state index in [-0.39, 0.29) is 35.2 Å². The number of amides is 2. The Labute approximate surface area is 283 Å². The lowest BCUT2D eigenvalue weighted by Crippen LogP contribution is -2.53. The Balaban J connectivity index is 1.82. The van der Waals surface area contributed by atoms with E-state index in [4.69, 9.17) is 9.47 Å². The average Bonchev–Trinajstić information content (AvgIpc) is 3.08. The molecule has 0 saturated carbocycles. The van der Waals surface area contributed by atoms with E-state index in [1.54, 1.807) is 0 Å². The number of sulfonamides is 1. The van der Waals surface area contributed by atoms with E-state index in [1.807, 2.05) is 61.5 Å². The Morgan fingerprint density at radius 3 is 2.19 bits per heavy atom. The molecule has 4 aromatic carbocycles. The number of halogens is 2. The molecule has 0 aliphatic rings. The summed E-state index contributed by atoms with van der Waals surface area (Å²) in [4.78, 5) is 29.5. The number of nitrogens with one attached hydrogen (secondary N) is 1. The summed E-state index contributed by atoms with van der Waals surface area (Å²) < 4.78 is 54.8. The number of carbonyl (C=O) groups is 2. The van der Waals surface area contributed by atoms with Crippen molar-refractivity contribution < 1.29 is 31.9 Å². The van der Waals surface area contributed by atoms with Gasteiger partial charge in [-0.1, -0.05) is 65.3 Å². The number of hydrogen-bond donors (Lipinski definition) is 1. The summed E-state index contributed by atoms with van der Waals surface area (Å²) in [6.07, 6.45) is 0.875. The lowest BCUT2D eigenvalue weighted by atomic mass is 10.0. The zero-order valence-corrected chi connectivity index (χ0v) is 28.8. The summed E-state index contributed by atoms with van der Waals surface area (Å²) in [6.45, 7) is 1.67. The molecule has 4 rings (SSSR count). The monoisotopic (exact) mass is 725 g/mol. The molecule has 0 unspecified atom stereocenters. The third-order valence-electron chi connectivity index (χ3n) is 7.40. The van der Waals surface area contributed by atoms with Crippen LogP contribution in [0.3, 0.4) is 0 Å². The van der Waals surface area contributed by atoms with Crippen molar-refractivity contribution in [2.75, 3.05) is 31.6 Å². The van der Waals surface area contributed by atoms with Crippen LogP contribution in [0.5, 0.6) is 11.5 Å². The Morgan fingerprint density at radius 1 is 0.872 bits per heavy atom. The molecule has 0 heterocycles. The smallest absolute Gasteiger partial charge is 0.264 e. The van der Waals surface area contributed by atoms with Crippen LogP contribution in [0.4, 0.5) is 10.1 Å². The van der Waals surface area contributed by atoms with Gasteiger partial charge in [-0.05, 0) is 66.1 Å². The standard InChI is InChI=1S/C35H37BrFN3O6S/c1-4-19-38-35(42)31(21-25-9-6-5-7-10-25)39(23-26-11-8-12-27(36)20-26)34(41)24-40(29-15-13-28(37)14-16-29)47(43,44)30-17-18-32(45-2)33(22-30)46-3/h5-18,20,22,31H,4,19,21,23-24H2,1-3H3,(H,38,42)/t31-/m1/s1. The molecule has 0 spiro atoms. The molecule has 0 aliphatic carbocycles. The van der Waals surface area contributed by atoms with Gasteiger partial charge in [0.15, 0.2) is 11.5 Å². The topological polar surface area (TPSA) is 105 Å². The van der Waals surface area contributed by atoms with E-state index in [2.05, 4.69) is 21.2 Å². The molecule has 4 aromatic rings. The zero-order chi connectivity index (χ0) is 34.0. The minimum Gasteiger partial charge on any atom is -0.493 e. The molecular weight excluding hydrogens is 689 g/mol. The van der Waals surface area contributed by atoms with Crippen molar-refractivity contribution in [2.45, 2.75) is 37.2 Å². The Hall–Kier alpha value is -4.42. The molecule has 0 radical (unpaired) electrons. The first kappa shape index (κ1) is 35.4. The minimum atomic E-state index is -4.43. The van der Waals surface area contributed by atoms with Gasteiger partial charge in [0, 0.05) is 30.0 Å². The van der Waals surface area contributed by atoms with Crippen LogP contribution in [0.1, 0.15) is 24.5 Å². The van der Waals surface area contributed by atoms with Crippen LogP contribution in [0, 0.1) is 5.82 Å². The molecule has 47 heavy (non-hydrogen) atoms. The Morgan fingerprint density at radius 2 is 1.55 bits per heavy atom. The highest BCUT2D eigenvalue weighted by atomic mass is 79.9. The van der Waals surface area contributed by atoms with Crippen molar-refractivity contribution in [3.8, 4) is 11.5 Å². The van der Waals surface area contributed by atoms with E-state index < -0.39 is 34.3 Å². The van der Waals surface area contributed by atoms with Crippen LogP contribution >= 0.6 is 15.9 Å². The minimum absolute atomic E-state index is 0.0168. The fourth-order valence-corrected chi connectivity index (χ4v) is 6.87. The maximum Gasteiger partial charge on any atom is 0.264 e. The summed E-state index contributed by atoms with van der Waals surface area (Å²) in [5.74, 6) is -1.08. The molecule has 2 amide bonds. The summed E-state index contributed by atoms with van der Waals surface area (Å²) in [6, 6.07) is 24.5. The fourth-order valence-electron chi connectivity index (χ4n) is 4.99. The van der Waals surface area contributed by atoms with Gasteiger partial charge in [-0.2, -0.15) is 0 Å². The van der Waals surface area contributed by atoms with Gasteiger partial charge in [-0.25, -0.2) is 12.8 Å². The van der Waals surface area contributed by atoms with Crippen molar-refractivity contribution in [3.05, 3.63) is 118 Å². The molecule has 0 fully saturated rings. The number of anilines is 1. The number of nitrogens with zero attached hydrogens (tertiary/aromatic N) is 2. The van der Waals surface area contributed by atoms with Gasteiger partial charge in [0.05, 0.1) is 24.8 Å². The highest BCUT2D eigenvalue weighted by Gasteiger charge is 2.35. The van der Waals surface area contributed by atoms with Crippen molar-refractivity contribution >= 4 is 43.5 Å². The maximum absolute atomic E-state index is 14.5. The van der Waals surface area contributed by atoms with Crippen LogP contribution < -0.4 is 19.1 Å². The van der Waals surface area contributed by atoms with Crippen molar-refractivity contribution in [1.82, 2.24) is 10.2 Å². The van der Waals surface area contributed by atoms with Crippen molar-refractivity contribution in [3.63, 3.8) is 0 Å². The molecule has 0 aromatic heterocycles. The third kappa shape index (κ3) is 9.11. The summed E-state index contributed by atoms with van der Waals surface area (Å²) in [7, 11) is -1.62. The summed E-state index contributed by atoms with van der Waals surface area (Å²) in [5.41, 5.74) is 1.61. The van der Waals surface area contributed by atoms with Gasteiger partial charge in [0.25, 0.3) is 10.0 Å². The quantitative estimate of drug-likeness (QED) is 0.162. The molecule has 9 nitrogen and oxygen atoms in total. The number of hydrogen-bond acceptors (Lipinski definition) is 6. The molecule has 0 bridgehead atoms. The number of benzene rings is 4. The SMILES string of the molecule is CCCNC(=O)[C@@H](Cc1ccccc1)N(Cc1cccc(Br)c1)C(=O)CN(c1ccc(F)cc1)S(=O)(=O)c1ccc(OC)c(OC)c1. The normalized spacial score (nSPS) is 11.8. The second-order valence-electron chi connectivity index (χ2n) is 10.7. The van der Waals surface area contributed by atoms with Crippen LogP contribution in [0.15, 0.2) is 106 Å². The van der Waals surface area contributed by atoms with Crippen LogP contribution in [0.2, 0.25) is 0 Å². The third-order valence-corrected chi connectivity index (χ3v) is 9.66. The predicted molar refractivity (Wildman–Crippen MR) is 182 cm³/mol. The first-order valence-electron chi connectivity index (χ1n) is 14.9. The van der Waals surface area contributed by atoms with E-state index >= 15 is 0 Å². The first-order chi connectivity index (χ1) is 22.6.